The van der Waals surface area contributed by atoms with Gasteiger partial charge in [-0.1, -0.05) is 35.4 Å². The quantitative estimate of drug-likeness (QED) is 0.850. The summed E-state index contributed by atoms with van der Waals surface area (Å²) >= 11 is 0. The SMILES string of the molecule is CCN(c1c(C)cc(C)cc1C)S(=O)(=O)c1ccc(C)cc1. The molecule has 2 aromatic carbocycles. The van der Waals surface area contributed by atoms with E-state index in [0.717, 1.165) is 27.9 Å². The minimum atomic E-state index is -3.55. The zero-order valence-corrected chi connectivity index (χ0v) is 14.7. The minimum absolute atomic E-state index is 0.333. The second-order valence-corrected chi connectivity index (χ2v) is 7.59. The van der Waals surface area contributed by atoms with Crippen LogP contribution in [0.1, 0.15) is 29.2 Å². The molecule has 22 heavy (non-hydrogen) atoms. The predicted molar refractivity (Wildman–Crippen MR) is 92.0 cm³/mol. The van der Waals surface area contributed by atoms with Crippen LogP contribution in [-0.4, -0.2) is 15.0 Å². The van der Waals surface area contributed by atoms with Crippen molar-refractivity contribution in [2.45, 2.75) is 39.5 Å². The van der Waals surface area contributed by atoms with Crippen molar-refractivity contribution in [3.8, 4) is 0 Å². The molecule has 118 valence electrons. The monoisotopic (exact) mass is 317 g/mol. The Bertz CT molecular complexity index is 754. The number of sulfonamides is 1. The predicted octanol–water partition coefficient (Wildman–Crippen LogP) is 4.14. The highest BCUT2D eigenvalue weighted by Crippen LogP contribution is 2.31. The van der Waals surface area contributed by atoms with Crippen LogP contribution in [0.4, 0.5) is 5.69 Å². The summed E-state index contributed by atoms with van der Waals surface area (Å²) in [6.45, 7) is 10.2. The van der Waals surface area contributed by atoms with E-state index >= 15 is 0 Å². The molecule has 0 unspecified atom stereocenters. The van der Waals surface area contributed by atoms with Crippen molar-refractivity contribution in [2.75, 3.05) is 10.8 Å². The molecule has 2 rings (SSSR count). The van der Waals surface area contributed by atoms with E-state index in [1.54, 1.807) is 12.1 Å². The summed E-state index contributed by atoms with van der Waals surface area (Å²) in [5, 5.41) is 0. The summed E-state index contributed by atoms with van der Waals surface area (Å²) in [5.74, 6) is 0. The lowest BCUT2D eigenvalue weighted by molar-refractivity contribution is 0.591. The van der Waals surface area contributed by atoms with Crippen molar-refractivity contribution < 1.29 is 8.42 Å². The van der Waals surface area contributed by atoms with Gasteiger partial charge in [-0.15, -0.1) is 0 Å². The molecule has 0 saturated heterocycles. The summed E-state index contributed by atoms with van der Waals surface area (Å²) < 4.78 is 27.5. The Labute approximate surface area is 133 Å². The molecule has 0 bridgehead atoms. The van der Waals surface area contributed by atoms with Crippen molar-refractivity contribution >= 4 is 15.7 Å². The number of hydrogen-bond donors (Lipinski definition) is 0. The van der Waals surface area contributed by atoms with E-state index < -0.39 is 10.0 Å². The van der Waals surface area contributed by atoms with Crippen molar-refractivity contribution in [3.63, 3.8) is 0 Å². The molecule has 4 heteroatoms. The molecule has 0 amide bonds. The van der Waals surface area contributed by atoms with Gasteiger partial charge in [0.15, 0.2) is 0 Å². The molecule has 0 aliphatic heterocycles. The first-order valence-electron chi connectivity index (χ1n) is 7.44. The van der Waals surface area contributed by atoms with Crippen LogP contribution in [0.3, 0.4) is 0 Å². The average molecular weight is 317 g/mol. The van der Waals surface area contributed by atoms with E-state index in [1.807, 2.05) is 58.9 Å². The van der Waals surface area contributed by atoms with Crippen molar-refractivity contribution in [2.24, 2.45) is 0 Å². The number of nitrogens with zero attached hydrogens (tertiary/aromatic N) is 1. The van der Waals surface area contributed by atoms with Crippen LogP contribution in [0.25, 0.3) is 0 Å². The summed E-state index contributed by atoms with van der Waals surface area (Å²) in [4.78, 5) is 0.333. The van der Waals surface area contributed by atoms with E-state index in [4.69, 9.17) is 0 Å². The van der Waals surface area contributed by atoms with E-state index in [-0.39, 0.29) is 0 Å². The van der Waals surface area contributed by atoms with Crippen LogP contribution in [0.2, 0.25) is 0 Å². The van der Waals surface area contributed by atoms with E-state index in [2.05, 4.69) is 0 Å². The first-order chi connectivity index (χ1) is 10.3. The lowest BCUT2D eigenvalue weighted by Gasteiger charge is -2.26. The van der Waals surface area contributed by atoms with Crippen LogP contribution in [-0.2, 0) is 10.0 Å². The van der Waals surface area contributed by atoms with Gasteiger partial charge in [0.1, 0.15) is 0 Å². The van der Waals surface area contributed by atoms with Crippen molar-refractivity contribution in [1.82, 2.24) is 0 Å². The Hall–Kier alpha value is -1.81. The smallest absolute Gasteiger partial charge is 0.264 e. The van der Waals surface area contributed by atoms with Gasteiger partial charge < -0.3 is 0 Å². The van der Waals surface area contributed by atoms with E-state index in [0.29, 0.717) is 11.4 Å². The van der Waals surface area contributed by atoms with Gasteiger partial charge >= 0.3 is 0 Å². The third-order valence-corrected chi connectivity index (χ3v) is 5.67. The Morgan fingerprint density at radius 1 is 0.864 bits per heavy atom. The summed E-state index contributed by atoms with van der Waals surface area (Å²) in [6, 6.07) is 11.1. The standard InChI is InChI=1S/C18H23NO2S/c1-6-19(18-15(4)11-14(3)12-16(18)5)22(20,21)17-9-7-13(2)8-10-17/h7-12H,6H2,1-5H3. The topological polar surface area (TPSA) is 37.4 Å². The fourth-order valence-electron chi connectivity index (χ4n) is 2.85. The second-order valence-electron chi connectivity index (χ2n) is 5.73. The molecule has 0 fully saturated rings. The summed E-state index contributed by atoms with van der Waals surface area (Å²) in [7, 11) is -3.55. The van der Waals surface area contributed by atoms with Crippen LogP contribution >= 0.6 is 0 Å². The fourth-order valence-corrected chi connectivity index (χ4v) is 4.45. The molecule has 0 heterocycles. The first kappa shape index (κ1) is 16.6. The molecule has 0 saturated carbocycles. The highest BCUT2D eigenvalue weighted by molar-refractivity contribution is 7.92. The molecule has 0 radical (unpaired) electrons. The maximum absolute atomic E-state index is 13.0. The van der Waals surface area contributed by atoms with Gasteiger partial charge in [0.05, 0.1) is 10.6 Å². The molecule has 0 aromatic heterocycles. The van der Waals surface area contributed by atoms with Gasteiger partial charge in [-0.25, -0.2) is 8.42 Å². The van der Waals surface area contributed by atoms with Gasteiger partial charge in [0.2, 0.25) is 0 Å². The van der Waals surface area contributed by atoms with Crippen LogP contribution in [0.15, 0.2) is 41.3 Å². The largest absolute Gasteiger partial charge is 0.266 e. The van der Waals surface area contributed by atoms with E-state index in [9.17, 15) is 8.42 Å². The zero-order chi connectivity index (χ0) is 16.5. The average Bonchev–Trinajstić information content (AvgIpc) is 2.42. The Balaban J connectivity index is 2.59. The first-order valence-corrected chi connectivity index (χ1v) is 8.88. The Morgan fingerprint density at radius 2 is 1.36 bits per heavy atom. The number of aryl methyl sites for hydroxylation is 4. The Morgan fingerprint density at radius 3 is 1.82 bits per heavy atom. The number of rotatable bonds is 4. The third kappa shape index (κ3) is 3.02. The molecule has 0 atom stereocenters. The normalized spacial score (nSPS) is 11.5. The number of anilines is 1. The molecule has 2 aromatic rings. The number of hydrogen-bond acceptors (Lipinski definition) is 2. The lowest BCUT2D eigenvalue weighted by atomic mass is 10.1. The van der Waals surface area contributed by atoms with Gasteiger partial charge in [-0.3, -0.25) is 4.31 Å². The maximum atomic E-state index is 13.0. The molecule has 0 spiro atoms. The van der Waals surface area contributed by atoms with Gasteiger partial charge in [-0.05, 0) is 57.9 Å². The molecular weight excluding hydrogens is 294 g/mol. The maximum Gasteiger partial charge on any atom is 0.264 e. The molecular formula is C18H23NO2S. The minimum Gasteiger partial charge on any atom is -0.266 e. The van der Waals surface area contributed by atoms with Gasteiger partial charge in [0.25, 0.3) is 10.0 Å². The molecule has 0 aliphatic carbocycles. The highest BCUT2D eigenvalue weighted by atomic mass is 32.2. The van der Waals surface area contributed by atoms with Crippen LogP contribution in [0.5, 0.6) is 0 Å². The Kier molecular flexibility index (Phi) is 4.61. The van der Waals surface area contributed by atoms with Crippen LogP contribution < -0.4 is 4.31 Å². The van der Waals surface area contributed by atoms with Crippen molar-refractivity contribution in [3.05, 3.63) is 58.7 Å². The third-order valence-electron chi connectivity index (χ3n) is 3.78. The molecule has 0 aliphatic rings. The molecule has 3 nitrogen and oxygen atoms in total. The highest BCUT2D eigenvalue weighted by Gasteiger charge is 2.25. The van der Waals surface area contributed by atoms with Crippen molar-refractivity contribution in [1.29, 1.82) is 0 Å². The summed E-state index contributed by atoms with van der Waals surface area (Å²) in [5.41, 5.74) is 4.94. The van der Waals surface area contributed by atoms with Crippen LogP contribution in [0, 0.1) is 27.7 Å². The zero-order valence-electron chi connectivity index (χ0n) is 13.8. The van der Waals surface area contributed by atoms with E-state index in [1.165, 1.54) is 4.31 Å². The van der Waals surface area contributed by atoms with Gasteiger partial charge in [-0.2, -0.15) is 0 Å². The number of benzene rings is 2. The second kappa shape index (κ2) is 6.13. The summed E-state index contributed by atoms with van der Waals surface area (Å²) in [6.07, 6.45) is 0. The molecule has 0 N–H and O–H groups in total. The lowest BCUT2D eigenvalue weighted by Crippen LogP contribution is -2.32. The fraction of sp³-hybridized carbons (Fsp3) is 0.333. The van der Waals surface area contributed by atoms with Gasteiger partial charge in [0, 0.05) is 6.54 Å².